The summed E-state index contributed by atoms with van der Waals surface area (Å²) < 4.78 is 17.4. The topological polar surface area (TPSA) is 90.9 Å². The molecule has 0 aromatic heterocycles. The van der Waals surface area contributed by atoms with Crippen LogP contribution in [0.15, 0.2) is 97.1 Å². The molecule has 0 aliphatic heterocycles. The van der Waals surface area contributed by atoms with Gasteiger partial charge in [0.15, 0.2) is 12.2 Å². The minimum Gasteiger partial charge on any atom is -0.452 e. The first-order valence-corrected chi connectivity index (χ1v) is 14.0. The first kappa shape index (κ1) is 27.3. The summed E-state index contributed by atoms with van der Waals surface area (Å²) in [4.78, 5) is 39.9. The number of alkyl carbamates (subject to hydrolysis) is 1. The zero-order chi connectivity index (χ0) is 29.4. The number of hydrogen-bond donors (Lipinski definition) is 1. The molecule has 0 fully saturated rings. The molecule has 4 aromatic rings. The molecule has 42 heavy (non-hydrogen) atoms. The number of nitrogens with one attached hydrogen (secondary N) is 1. The molecule has 0 heterocycles. The van der Waals surface area contributed by atoms with E-state index in [1.54, 1.807) is 20.8 Å². The molecular weight excluding hydrogens is 530 g/mol. The Morgan fingerprint density at radius 2 is 1.02 bits per heavy atom. The number of carbonyl (C=O) groups excluding carboxylic acids is 3. The summed E-state index contributed by atoms with van der Waals surface area (Å²) in [6, 6.07) is 29.6. The number of benzene rings is 4. The van der Waals surface area contributed by atoms with Crippen LogP contribution in [0.5, 0.6) is 0 Å². The van der Waals surface area contributed by atoms with Crippen molar-refractivity contribution in [1.29, 1.82) is 0 Å². The molecule has 0 radical (unpaired) electrons. The minimum absolute atomic E-state index is 0.436. The summed E-state index contributed by atoms with van der Waals surface area (Å²) in [7, 11) is 0. The maximum absolute atomic E-state index is 13.7. The lowest BCUT2D eigenvalue weighted by Crippen LogP contribution is -2.45. The monoisotopic (exact) mass is 561 g/mol. The first-order chi connectivity index (χ1) is 20.2. The van der Waals surface area contributed by atoms with Crippen LogP contribution < -0.4 is 5.32 Å². The quantitative estimate of drug-likeness (QED) is 0.204. The highest BCUT2D eigenvalue weighted by Gasteiger charge is 2.37. The molecule has 1 unspecified atom stereocenters. The van der Waals surface area contributed by atoms with E-state index in [2.05, 4.69) is 5.32 Å². The van der Waals surface area contributed by atoms with Gasteiger partial charge in [0.25, 0.3) is 0 Å². The van der Waals surface area contributed by atoms with Crippen LogP contribution >= 0.6 is 0 Å². The van der Waals surface area contributed by atoms with Crippen molar-refractivity contribution in [2.24, 2.45) is 0 Å². The summed E-state index contributed by atoms with van der Waals surface area (Å²) in [6.07, 6.45) is -2.58. The Hall–Kier alpha value is -4.91. The molecule has 7 nitrogen and oxygen atoms in total. The van der Waals surface area contributed by atoms with Crippen LogP contribution in [0.2, 0.25) is 0 Å². The average molecular weight is 562 g/mol. The Labute approximate surface area is 244 Å². The van der Waals surface area contributed by atoms with Gasteiger partial charge < -0.3 is 19.5 Å². The third kappa shape index (κ3) is 5.26. The van der Waals surface area contributed by atoms with E-state index in [1.165, 1.54) is 0 Å². The highest BCUT2D eigenvalue weighted by molar-refractivity contribution is 5.88. The van der Waals surface area contributed by atoms with Gasteiger partial charge in [-0.2, -0.15) is 0 Å². The van der Waals surface area contributed by atoms with Crippen LogP contribution in [-0.2, 0) is 23.8 Å². The fourth-order valence-corrected chi connectivity index (χ4v) is 5.66. The summed E-state index contributed by atoms with van der Waals surface area (Å²) in [6.45, 7) is 5.15. The van der Waals surface area contributed by atoms with Crippen molar-refractivity contribution in [2.45, 2.75) is 51.0 Å². The average Bonchev–Trinajstić information content (AvgIpc) is 3.45. The Balaban J connectivity index is 1.25. The van der Waals surface area contributed by atoms with Crippen molar-refractivity contribution >= 4 is 18.0 Å². The van der Waals surface area contributed by atoms with Crippen LogP contribution in [0.1, 0.15) is 61.7 Å². The summed E-state index contributed by atoms with van der Waals surface area (Å²) >= 11 is 0. The van der Waals surface area contributed by atoms with Crippen molar-refractivity contribution in [1.82, 2.24) is 5.32 Å². The van der Waals surface area contributed by atoms with E-state index in [1.807, 2.05) is 97.1 Å². The lowest BCUT2D eigenvalue weighted by atomic mass is 10.1. The van der Waals surface area contributed by atoms with E-state index >= 15 is 0 Å². The molecule has 0 spiro atoms. The number of ether oxygens (including phenoxy) is 3. The van der Waals surface area contributed by atoms with Gasteiger partial charge in [-0.15, -0.1) is 0 Å². The fraction of sp³-hybridized carbons (Fsp3) is 0.229. The van der Waals surface area contributed by atoms with Gasteiger partial charge in [-0.05, 0) is 43.0 Å². The molecule has 0 saturated carbocycles. The molecule has 212 valence electrons. The lowest BCUT2D eigenvalue weighted by Gasteiger charge is -2.24. The van der Waals surface area contributed by atoms with Crippen LogP contribution in [0.25, 0.3) is 22.3 Å². The normalized spacial score (nSPS) is 14.2. The van der Waals surface area contributed by atoms with E-state index in [9.17, 15) is 14.4 Å². The van der Waals surface area contributed by atoms with Crippen molar-refractivity contribution in [3.63, 3.8) is 0 Å². The second-order valence-electron chi connectivity index (χ2n) is 11.4. The summed E-state index contributed by atoms with van der Waals surface area (Å²) in [5.74, 6) is -1.42. The maximum atomic E-state index is 13.7. The second-order valence-corrected chi connectivity index (χ2v) is 11.4. The Bertz CT molecular complexity index is 1600. The number of rotatable bonds is 6. The largest absolute Gasteiger partial charge is 0.452 e. The van der Waals surface area contributed by atoms with Crippen LogP contribution in [0.3, 0.4) is 0 Å². The zero-order valence-corrected chi connectivity index (χ0v) is 23.6. The van der Waals surface area contributed by atoms with E-state index in [-0.39, 0.29) is 0 Å². The van der Waals surface area contributed by atoms with Gasteiger partial charge in [0.05, 0.1) is 6.42 Å². The molecule has 1 amide bonds. The SMILES string of the molecule is CC(C)(C)OC(=O)NC(CC(=O)OC1c2ccccc2-c2ccccc21)C(=O)OC1c2ccccc2-c2ccccc21. The summed E-state index contributed by atoms with van der Waals surface area (Å²) in [5, 5.41) is 2.55. The maximum Gasteiger partial charge on any atom is 0.408 e. The molecule has 4 aromatic carbocycles. The van der Waals surface area contributed by atoms with Crippen LogP contribution in [0.4, 0.5) is 4.79 Å². The number of hydrogen-bond acceptors (Lipinski definition) is 6. The lowest BCUT2D eigenvalue weighted by molar-refractivity contribution is -0.156. The molecule has 2 aliphatic rings. The van der Waals surface area contributed by atoms with Gasteiger partial charge in [0, 0.05) is 22.3 Å². The van der Waals surface area contributed by atoms with Gasteiger partial charge in [0.1, 0.15) is 11.6 Å². The van der Waals surface area contributed by atoms with Crippen molar-refractivity contribution in [3.05, 3.63) is 119 Å². The van der Waals surface area contributed by atoms with Crippen molar-refractivity contribution in [2.75, 3.05) is 0 Å². The van der Waals surface area contributed by atoms with Crippen LogP contribution in [0, 0.1) is 0 Å². The number of fused-ring (bicyclic) bond motifs is 6. The van der Waals surface area contributed by atoms with E-state index < -0.39 is 48.3 Å². The standard InChI is InChI=1S/C35H31NO6/c1-35(2,3)42-34(39)36-29(33(38)41-32-27-18-10-6-14-23(27)24-15-7-11-19-28(24)32)20-30(37)40-31-25-16-8-4-12-21(25)22-13-5-9-17-26(22)31/h4-19,29,31-32H,20H2,1-3H3,(H,36,39). The number of esters is 2. The second kappa shape index (κ2) is 10.8. The minimum atomic E-state index is -1.33. The van der Waals surface area contributed by atoms with E-state index in [4.69, 9.17) is 14.2 Å². The highest BCUT2D eigenvalue weighted by atomic mass is 16.6. The number of carbonyl (C=O) groups is 3. The molecule has 6 rings (SSSR count). The van der Waals surface area contributed by atoms with E-state index in [0.29, 0.717) is 0 Å². The van der Waals surface area contributed by atoms with Crippen molar-refractivity contribution < 1.29 is 28.6 Å². The fourth-order valence-electron chi connectivity index (χ4n) is 5.66. The first-order valence-electron chi connectivity index (χ1n) is 14.0. The predicted molar refractivity (Wildman–Crippen MR) is 157 cm³/mol. The van der Waals surface area contributed by atoms with Crippen LogP contribution in [-0.4, -0.2) is 29.7 Å². The van der Waals surface area contributed by atoms with Gasteiger partial charge >= 0.3 is 18.0 Å². The molecule has 0 saturated heterocycles. The van der Waals surface area contributed by atoms with Crippen molar-refractivity contribution in [3.8, 4) is 22.3 Å². The third-order valence-corrected chi connectivity index (χ3v) is 7.38. The van der Waals surface area contributed by atoms with Gasteiger partial charge in [-0.1, -0.05) is 97.1 Å². The number of amides is 1. The smallest absolute Gasteiger partial charge is 0.408 e. The zero-order valence-electron chi connectivity index (χ0n) is 23.6. The molecule has 1 atom stereocenters. The van der Waals surface area contributed by atoms with E-state index in [0.717, 1.165) is 44.5 Å². The molecule has 2 aliphatic carbocycles. The van der Waals surface area contributed by atoms with Gasteiger partial charge in [0.2, 0.25) is 0 Å². The molecular formula is C35H31NO6. The van der Waals surface area contributed by atoms with Gasteiger partial charge in [-0.3, -0.25) is 4.79 Å². The molecule has 0 bridgehead atoms. The Morgan fingerprint density at radius 1 is 0.643 bits per heavy atom. The Morgan fingerprint density at radius 3 is 1.43 bits per heavy atom. The Kier molecular flexibility index (Phi) is 7.02. The third-order valence-electron chi connectivity index (χ3n) is 7.38. The predicted octanol–water partition coefficient (Wildman–Crippen LogP) is 6.90. The molecule has 7 heteroatoms. The van der Waals surface area contributed by atoms with Gasteiger partial charge in [-0.25, -0.2) is 9.59 Å². The highest BCUT2D eigenvalue weighted by Crippen LogP contribution is 2.46. The molecule has 1 N–H and O–H groups in total. The summed E-state index contributed by atoms with van der Waals surface area (Å²) in [5.41, 5.74) is 6.53.